The van der Waals surface area contributed by atoms with Crippen molar-refractivity contribution in [1.82, 2.24) is 5.32 Å². The van der Waals surface area contributed by atoms with Gasteiger partial charge in [-0.05, 0) is 31.5 Å². The lowest BCUT2D eigenvalue weighted by Crippen LogP contribution is -2.44. The Balaban J connectivity index is 1.95. The molecule has 1 aliphatic heterocycles. The molecule has 0 radical (unpaired) electrons. The molecule has 108 valence electrons. The number of rotatable bonds is 4. The first-order valence-corrected chi connectivity index (χ1v) is 7.80. The van der Waals surface area contributed by atoms with E-state index >= 15 is 0 Å². The zero-order valence-electron chi connectivity index (χ0n) is 10.7. The minimum Gasteiger partial charge on any atom is -0.479 e. The van der Waals surface area contributed by atoms with E-state index in [9.17, 15) is 9.59 Å². The van der Waals surface area contributed by atoms with Gasteiger partial charge in [-0.15, -0.1) is 0 Å². The van der Waals surface area contributed by atoms with Crippen LogP contribution in [0, 0.1) is 0 Å². The number of thioether (sulfide) groups is 1. The summed E-state index contributed by atoms with van der Waals surface area (Å²) in [7, 11) is 0. The van der Waals surface area contributed by atoms with Crippen LogP contribution in [-0.4, -0.2) is 28.9 Å². The molecule has 0 bridgehead atoms. The van der Waals surface area contributed by atoms with Crippen LogP contribution in [0.15, 0.2) is 18.2 Å². The molecule has 1 amide bonds. The minimum atomic E-state index is -0.743. The highest BCUT2D eigenvalue weighted by Crippen LogP contribution is 2.28. The smallest absolute Gasteiger partial charge is 0.261 e. The summed E-state index contributed by atoms with van der Waals surface area (Å²) in [5, 5.41) is 3.50. The number of nitrogens with one attached hydrogen (secondary N) is 1. The maximum absolute atomic E-state index is 12.0. The van der Waals surface area contributed by atoms with Crippen molar-refractivity contribution in [3.63, 3.8) is 0 Å². The molecule has 0 unspecified atom stereocenters. The monoisotopic (exact) mass is 333 g/mol. The molecule has 0 aliphatic carbocycles. The van der Waals surface area contributed by atoms with E-state index in [-0.39, 0.29) is 11.0 Å². The minimum absolute atomic E-state index is 0.00456. The molecule has 1 aliphatic rings. The van der Waals surface area contributed by atoms with Crippen LogP contribution >= 0.6 is 35.0 Å². The molecule has 1 N–H and O–H groups in total. The van der Waals surface area contributed by atoms with Gasteiger partial charge in [0.2, 0.25) is 5.12 Å². The predicted molar refractivity (Wildman–Crippen MR) is 80.6 cm³/mol. The van der Waals surface area contributed by atoms with Gasteiger partial charge in [0.1, 0.15) is 5.75 Å². The Bertz CT molecular complexity index is 538. The zero-order valence-corrected chi connectivity index (χ0v) is 13.0. The van der Waals surface area contributed by atoms with E-state index in [1.807, 2.05) is 0 Å². The summed E-state index contributed by atoms with van der Waals surface area (Å²) in [5.41, 5.74) is 0. The number of amides is 1. The van der Waals surface area contributed by atoms with E-state index < -0.39 is 12.1 Å². The van der Waals surface area contributed by atoms with E-state index in [1.54, 1.807) is 25.1 Å². The van der Waals surface area contributed by atoms with E-state index in [0.717, 1.165) is 5.75 Å². The fraction of sp³-hybridized carbons (Fsp3) is 0.385. The second-order valence-electron chi connectivity index (χ2n) is 4.35. The Morgan fingerprint density at radius 2 is 2.25 bits per heavy atom. The summed E-state index contributed by atoms with van der Waals surface area (Å²) in [6, 6.07) is 4.36. The second kappa shape index (κ2) is 6.70. The van der Waals surface area contributed by atoms with Crippen molar-refractivity contribution < 1.29 is 14.3 Å². The Kier molecular flexibility index (Phi) is 5.18. The lowest BCUT2D eigenvalue weighted by molar-refractivity contribution is -0.129. The van der Waals surface area contributed by atoms with Crippen molar-refractivity contribution in [2.24, 2.45) is 0 Å². The molecule has 4 nitrogen and oxygen atoms in total. The fourth-order valence-electron chi connectivity index (χ4n) is 1.73. The number of halogens is 2. The largest absolute Gasteiger partial charge is 0.479 e. The third kappa shape index (κ3) is 3.81. The summed E-state index contributed by atoms with van der Waals surface area (Å²) in [4.78, 5) is 23.4. The van der Waals surface area contributed by atoms with Crippen LogP contribution in [0.4, 0.5) is 0 Å². The van der Waals surface area contributed by atoms with Gasteiger partial charge in [0, 0.05) is 10.8 Å². The number of carbonyl (C=O) groups excluding carboxylic acids is 2. The zero-order chi connectivity index (χ0) is 14.7. The predicted octanol–water partition coefficient (Wildman–Crippen LogP) is 2.91. The standard InChI is InChI=1S/C13H13Cl2NO3S/c1-7(12(17)16-10-4-5-20-13(10)18)19-11-3-2-8(14)6-9(11)15/h2-3,6-7,10H,4-5H2,1H3,(H,16,17)/t7-,10+/m1/s1. The van der Waals surface area contributed by atoms with Crippen LogP contribution in [0.1, 0.15) is 13.3 Å². The molecule has 0 spiro atoms. The number of benzene rings is 1. The van der Waals surface area contributed by atoms with Crippen molar-refractivity contribution in [1.29, 1.82) is 0 Å². The third-order valence-corrected chi connectivity index (χ3v) is 4.36. The van der Waals surface area contributed by atoms with Crippen molar-refractivity contribution in [3.05, 3.63) is 28.2 Å². The maximum Gasteiger partial charge on any atom is 0.261 e. The average Bonchev–Trinajstić information content (AvgIpc) is 2.78. The molecular weight excluding hydrogens is 321 g/mol. The average molecular weight is 334 g/mol. The van der Waals surface area contributed by atoms with Gasteiger partial charge in [-0.3, -0.25) is 9.59 Å². The Labute approximate surface area is 131 Å². The first-order chi connectivity index (χ1) is 9.47. The molecule has 2 atom stereocenters. The van der Waals surface area contributed by atoms with Crippen molar-refractivity contribution in [2.75, 3.05) is 5.75 Å². The molecule has 1 aromatic rings. The van der Waals surface area contributed by atoms with Crippen LogP contribution in [0.2, 0.25) is 10.0 Å². The number of ether oxygens (including phenoxy) is 1. The summed E-state index contributed by atoms with van der Waals surface area (Å²) >= 11 is 13.0. The highest BCUT2D eigenvalue weighted by Gasteiger charge is 2.28. The van der Waals surface area contributed by atoms with Crippen molar-refractivity contribution >= 4 is 46.0 Å². The van der Waals surface area contributed by atoms with E-state index in [2.05, 4.69) is 5.32 Å². The highest BCUT2D eigenvalue weighted by atomic mass is 35.5. The van der Waals surface area contributed by atoms with Gasteiger partial charge in [-0.25, -0.2) is 0 Å². The highest BCUT2D eigenvalue weighted by molar-refractivity contribution is 8.14. The van der Waals surface area contributed by atoms with Gasteiger partial charge in [0.25, 0.3) is 5.91 Å². The van der Waals surface area contributed by atoms with Crippen LogP contribution < -0.4 is 10.1 Å². The number of carbonyl (C=O) groups is 2. The normalized spacial score (nSPS) is 19.8. The van der Waals surface area contributed by atoms with Gasteiger partial charge < -0.3 is 10.1 Å². The lowest BCUT2D eigenvalue weighted by Gasteiger charge is -2.17. The van der Waals surface area contributed by atoms with E-state index in [4.69, 9.17) is 27.9 Å². The summed E-state index contributed by atoms with van der Waals surface area (Å²) in [6.45, 7) is 1.60. The van der Waals surface area contributed by atoms with Crippen molar-refractivity contribution in [3.8, 4) is 5.75 Å². The maximum atomic E-state index is 12.0. The summed E-state index contributed by atoms with van der Waals surface area (Å²) in [5.74, 6) is 0.782. The molecule has 0 saturated carbocycles. The topological polar surface area (TPSA) is 55.4 Å². The SMILES string of the molecule is C[C@@H](Oc1ccc(Cl)cc1Cl)C(=O)N[C@H]1CCSC1=O. The van der Waals surface area contributed by atoms with Crippen LogP contribution in [0.3, 0.4) is 0 Å². The third-order valence-electron chi connectivity index (χ3n) is 2.82. The Morgan fingerprint density at radius 3 is 2.85 bits per heavy atom. The Hall–Kier alpha value is -0.910. The molecule has 7 heteroatoms. The second-order valence-corrected chi connectivity index (χ2v) is 6.30. The molecule has 1 saturated heterocycles. The van der Waals surface area contributed by atoms with E-state index in [1.165, 1.54) is 11.8 Å². The molecular formula is C13H13Cl2NO3S. The number of hydrogen-bond acceptors (Lipinski definition) is 4. The van der Waals surface area contributed by atoms with Crippen LogP contribution in [-0.2, 0) is 9.59 Å². The van der Waals surface area contributed by atoms with E-state index in [0.29, 0.717) is 22.2 Å². The van der Waals surface area contributed by atoms with Gasteiger partial charge >= 0.3 is 0 Å². The van der Waals surface area contributed by atoms with Gasteiger partial charge in [0.05, 0.1) is 11.1 Å². The molecule has 0 aromatic heterocycles. The van der Waals surface area contributed by atoms with Crippen LogP contribution in [0.25, 0.3) is 0 Å². The molecule has 1 heterocycles. The first-order valence-electron chi connectivity index (χ1n) is 6.06. The van der Waals surface area contributed by atoms with Gasteiger partial charge in [0.15, 0.2) is 6.10 Å². The quantitative estimate of drug-likeness (QED) is 0.920. The van der Waals surface area contributed by atoms with Crippen molar-refractivity contribution in [2.45, 2.75) is 25.5 Å². The lowest BCUT2D eigenvalue weighted by atomic mass is 10.2. The molecule has 2 rings (SSSR count). The summed E-state index contributed by atoms with van der Waals surface area (Å²) < 4.78 is 5.49. The van der Waals surface area contributed by atoms with Crippen LogP contribution in [0.5, 0.6) is 5.75 Å². The molecule has 1 aromatic carbocycles. The number of hydrogen-bond donors (Lipinski definition) is 1. The first kappa shape index (κ1) is 15.5. The van der Waals surface area contributed by atoms with Gasteiger partial charge in [-0.1, -0.05) is 35.0 Å². The molecule has 1 fully saturated rings. The fourth-order valence-corrected chi connectivity index (χ4v) is 3.12. The van der Waals surface area contributed by atoms with Gasteiger partial charge in [-0.2, -0.15) is 0 Å². The summed E-state index contributed by atoms with van der Waals surface area (Å²) in [6.07, 6.45) is -0.0870. The molecule has 20 heavy (non-hydrogen) atoms. The Morgan fingerprint density at radius 1 is 1.50 bits per heavy atom.